The van der Waals surface area contributed by atoms with Gasteiger partial charge in [-0.3, -0.25) is 10.8 Å². The zero-order valence-corrected chi connectivity index (χ0v) is 10.7. The Morgan fingerprint density at radius 2 is 2.33 bits per heavy atom. The van der Waals surface area contributed by atoms with Gasteiger partial charge in [0.15, 0.2) is 0 Å². The maximum Gasteiger partial charge on any atom is 0.237 e. The van der Waals surface area contributed by atoms with Gasteiger partial charge >= 0.3 is 0 Å². The van der Waals surface area contributed by atoms with Gasteiger partial charge in [0.05, 0.1) is 25.9 Å². The summed E-state index contributed by atoms with van der Waals surface area (Å²) in [4.78, 5) is 10.6. The number of hydrogen-bond acceptors (Lipinski definition) is 7. The third-order valence-corrected chi connectivity index (χ3v) is 3.03. The van der Waals surface area contributed by atoms with Crippen LogP contribution in [0.25, 0.3) is 0 Å². The number of nitrogens with one attached hydrogen (secondary N) is 1. The summed E-state index contributed by atoms with van der Waals surface area (Å²) >= 11 is 0. The molecule has 7 heteroatoms. The summed E-state index contributed by atoms with van der Waals surface area (Å²) in [6, 6.07) is -0.239. The molecule has 0 aromatic carbocycles. The molecule has 1 fully saturated rings. The van der Waals surface area contributed by atoms with Crippen molar-refractivity contribution in [3.05, 3.63) is 18.1 Å². The maximum atomic E-state index is 5.75. The Balaban J connectivity index is 2.21. The zero-order valence-electron chi connectivity index (χ0n) is 10.7. The molecule has 100 valence electrons. The average molecular weight is 253 g/mol. The van der Waals surface area contributed by atoms with Gasteiger partial charge in [-0.25, -0.2) is 10.4 Å². The van der Waals surface area contributed by atoms with E-state index in [1.807, 2.05) is 0 Å². The number of ether oxygens (including phenoxy) is 2. The normalized spacial score (nSPS) is 22.7. The Morgan fingerprint density at radius 1 is 1.56 bits per heavy atom. The van der Waals surface area contributed by atoms with Crippen LogP contribution in [0.3, 0.4) is 0 Å². The minimum Gasteiger partial charge on any atom is -0.480 e. The summed E-state index contributed by atoms with van der Waals surface area (Å²) < 4.78 is 11.0. The molecule has 2 heterocycles. The Bertz CT molecular complexity index is 389. The van der Waals surface area contributed by atoms with Crippen molar-refractivity contribution in [3.63, 3.8) is 0 Å². The Labute approximate surface area is 106 Å². The molecule has 7 nitrogen and oxygen atoms in total. The van der Waals surface area contributed by atoms with Crippen LogP contribution in [0.4, 0.5) is 0 Å². The summed E-state index contributed by atoms with van der Waals surface area (Å²) in [5.74, 6) is 6.10. The fourth-order valence-corrected chi connectivity index (χ4v) is 2.08. The molecule has 18 heavy (non-hydrogen) atoms. The summed E-state index contributed by atoms with van der Waals surface area (Å²) in [5, 5.41) is 0. The van der Waals surface area contributed by atoms with E-state index in [9.17, 15) is 0 Å². The number of methoxy groups -OCH3 is 1. The van der Waals surface area contributed by atoms with Crippen molar-refractivity contribution in [3.8, 4) is 5.88 Å². The highest BCUT2D eigenvalue weighted by Crippen LogP contribution is 2.25. The minimum absolute atomic E-state index is 0.0700. The van der Waals surface area contributed by atoms with E-state index in [0.717, 1.165) is 13.1 Å². The van der Waals surface area contributed by atoms with Gasteiger partial charge in [-0.1, -0.05) is 0 Å². The molecule has 1 aromatic rings. The van der Waals surface area contributed by atoms with Gasteiger partial charge in [0.25, 0.3) is 0 Å². The standard InChI is InChI=1S/C11H19N5O2/c1-16-5-6-18-8(7-16)9(15-12)10-11(17-2)14-4-3-13-10/h3-4,8-9,15H,5-7,12H2,1-2H3. The van der Waals surface area contributed by atoms with E-state index in [1.165, 1.54) is 0 Å². The molecule has 1 aliphatic rings. The van der Waals surface area contributed by atoms with Crippen LogP contribution in [0, 0.1) is 0 Å². The number of rotatable bonds is 4. The molecule has 0 bridgehead atoms. The van der Waals surface area contributed by atoms with Crippen LogP contribution in [0.1, 0.15) is 11.7 Å². The number of morpholine rings is 1. The first-order chi connectivity index (χ1) is 8.76. The molecule has 1 aromatic heterocycles. The van der Waals surface area contributed by atoms with Crippen molar-refractivity contribution >= 4 is 0 Å². The average Bonchev–Trinajstić information content (AvgIpc) is 2.40. The van der Waals surface area contributed by atoms with Crippen LogP contribution in [0.5, 0.6) is 5.88 Å². The quantitative estimate of drug-likeness (QED) is 0.543. The molecule has 0 spiro atoms. The van der Waals surface area contributed by atoms with Crippen LogP contribution in [-0.2, 0) is 4.74 Å². The van der Waals surface area contributed by atoms with Crippen LogP contribution >= 0.6 is 0 Å². The van der Waals surface area contributed by atoms with Crippen molar-refractivity contribution in [2.75, 3.05) is 33.9 Å². The highest BCUT2D eigenvalue weighted by molar-refractivity contribution is 5.22. The molecule has 3 N–H and O–H groups in total. The number of hydrogen-bond donors (Lipinski definition) is 2. The second-order valence-corrected chi connectivity index (χ2v) is 4.27. The molecule has 0 aliphatic carbocycles. The molecular weight excluding hydrogens is 234 g/mol. The molecule has 2 rings (SSSR count). The highest BCUT2D eigenvalue weighted by atomic mass is 16.5. The van der Waals surface area contributed by atoms with E-state index in [2.05, 4.69) is 27.3 Å². The van der Waals surface area contributed by atoms with E-state index in [1.54, 1.807) is 19.5 Å². The lowest BCUT2D eigenvalue weighted by Crippen LogP contribution is -2.48. The van der Waals surface area contributed by atoms with Gasteiger partial charge in [-0.15, -0.1) is 0 Å². The van der Waals surface area contributed by atoms with Crippen LogP contribution in [-0.4, -0.2) is 54.8 Å². The molecule has 0 amide bonds. The predicted molar refractivity (Wildman–Crippen MR) is 65.9 cm³/mol. The third kappa shape index (κ3) is 2.75. The second kappa shape index (κ2) is 6.05. The van der Waals surface area contributed by atoms with Crippen LogP contribution in [0.2, 0.25) is 0 Å². The summed E-state index contributed by atoms with van der Waals surface area (Å²) in [6.07, 6.45) is 3.14. The van der Waals surface area contributed by atoms with E-state index in [4.69, 9.17) is 15.3 Å². The maximum absolute atomic E-state index is 5.75. The summed E-state index contributed by atoms with van der Waals surface area (Å²) in [7, 11) is 3.62. The highest BCUT2D eigenvalue weighted by Gasteiger charge is 2.30. The van der Waals surface area contributed by atoms with E-state index in [0.29, 0.717) is 18.2 Å². The minimum atomic E-state index is -0.239. The third-order valence-electron chi connectivity index (χ3n) is 3.03. The van der Waals surface area contributed by atoms with Crippen molar-refractivity contribution in [1.29, 1.82) is 0 Å². The van der Waals surface area contributed by atoms with E-state index in [-0.39, 0.29) is 12.1 Å². The number of hydrazine groups is 1. The lowest BCUT2D eigenvalue weighted by atomic mass is 10.1. The van der Waals surface area contributed by atoms with Gasteiger partial charge in [0, 0.05) is 25.5 Å². The van der Waals surface area contributed by atoms with Gasteiger partial charge < -0.3 is 14.4 Å². The molecule has 1 saturated heterocycles. The lowest BCUT2D eigenvalue weighted by Gasteiger charge is -2.34. The second-order valence-electron chi connectivity index (χ2n) is 4.27. The molecule has 0 saturated carbocycles. The predicted octanol–water partition coefficient (Wildman–Crippen LogP) is -0.680. The van der Waals surface area contributed by atoms with Gasteiger partial charge in [0.2, 0.25) is 5.88 Å². The largest absolute Gasteiger partial charge is 0.480 e. The van der Waals surface area contributed by atoms with Crippen LogP contribution < -0.4 is 16.0 Å². The van der Waals surface area contributed by atoms with Gasteiger partial charge in [-0.05, 0) is 7.05 Å². The molecule has 1 aliphatic heterocycles. The monoisotopic (exact) mass is 253 g/mol. The van der Waals surface area contributed by atoms with Crippen molar-refractivity contribution < 1.29 is 9.47 Å². The van der Waals surface area contributed by atoms with Crippen molar-refractivity contribution in [2.45, 2.75) is 12.1 Å². The number of likely N-dealkylation sites (N-methyl/N-ethyl adjacent to an activating group) is 1. The smallest absolute Gasteiger partial charge is 0.237 e. The molecule has 0 radical (unpaired) electrons. The topological polar surface area (TPSA) is 85.5 Å². The molecule has 2 unspecified atom stereocenters. The first-order valence-corrected chi connectivity index (χ1v) is 5.87. The fraction of sp³-hybridized carbons (Fsp3) is 0.636. The summed E-state index contributed by atoms with van der Waals surface area (Å²) in [6.45, 7) is 2.39. The SMILES string of the molecule is COc1nccnc1C(NN)C1CN(C)CCO1. The lowest BCUT2D eigenvalue weighted by molar-refractivity contribution is -0.0404. The zero-order chi connectivity index (χ0) is 13.0. The van der Waals surface area contributed by atoms with E-state index >= 15 is 0 Å². The first-order valence-electron chi connectivity index (χ1n) is 5.87. The van der Waals surface area contributed by atoms with Crippen molar-refractivity contribution in [1.82, 2.24) is 20.3 Å². The Morgan fingerprint density at radius 3 is 3.00 bits per heavy atom. The fourth-order valence-electron chi connectivity index (χ4n) is 2.08. The number of aromatic nitrogens is 2. The number of nitrogens with zero attached hydrogens (tertiary/aromatic N) is 3. The Kier molecular flexibility index (Phi) is 4.43. The summed E-state index contributed by atoms with van der Waals surface area (Å²) in [5.41, 5.74) is 3.42. The van der Waals surface area contributed by atoms with E-state index < -0.39 is 0 Å². The number of nitrogens with two attached hydrogens (primary N) is 1. The van der Waals surface area contributed by atoms with Crippen molar-refractivity contribution in [2.24, 2.45) is 5.84 Å². The van der Waals surface area contributed by atoms with Gasteiger partial charge in [-0.2, -0.15) is 0 Å². The molecular formula is C11H19N5O2. The van der Waals surface area contributed by atoms with Crippen LogP contribution in [0.15, 0.2) is 12.4 Å². The Hall–Kier alpha value is -1.28. The first kappa shape index (κ1) is 13.2. The van der Waals surface area contributed by atoms with Gasteiger partial charge in [0.1, 0.15) is 5.69 Å². The molecule has 2 atom stereocenters.